The van der Waals surface area contributed by atoms with E-state index < -0.39 is 0 Å². The summed E-state index contributed by atoms with van der Waals surface area (Å²) in [6.45, 7) is 0.196. The van der Waals surface area contributed by atoms with E-state index in [1.807, 2.05) is 6.07 Å². The highest BCUT2D eigenvalue weighted by molar-refractivity contribution is 6.39. The summed E-state index contributed by atoms with van der Waals surface area (Å²) in [5, 5.41) is 12.2. The van der Waals surface area contributed by atoms with Gasteiger partial charge in [0.15, 0.2) is 0 Å². The summed E-state index contributed by atoms with van der Waals surface area (Å²) in [7, 11) is 3.40. The molecule has 2 aromatic heterocycles. The van der Waals surface area contributed by atoms with E-state index in [1.165, 1.54) is 6.20 Å². The first-order valence-electron chi connectivity index (χ1n) is 7.80. The normalized spacial score (nSPS) is 12.8. The summed E-state index contributed by atoms with van der Waals surface area (Å²) in [5.74, 6) is 0. The van der Waals surface area contributed by atoms with Crippen molar-refractivity contribution in [3.05, 3.63) is 62.9 Å². The second-order valence-electron chi connectivity index (χ2n) is 5.59. The number of nitrogens with zero attached hydrogens (tertiary/aromatic N) is 4. The molecule has 0 radical (unpaired) electrons. The van der Waals surface area contributed by atoms with Crippen LogP contribution in [-0.2, 0) is 13.6 Å². The summed E-state index contributed by atoms with van der Waals surface area (Å²) in [4.78, 5) is 16.3. The first-order valence-corrected chi connectivity index (χ1v) is 8.18. The molecule has 1 aromatic carbocycles. The number of aromatic nitrogens is 4. The van der Waals surface area contributed by atoms with Crippen LogP contribution in [0.25, 0.3) is 16.3 Å². The van der Waals surface area contributed by atoms with Gasteiger partial charge in [-0.1, -0.05) is 17.7 Å². The SMILES string of the molecule is CN=C(C(=CN)c1ccc2c(=O)[nH]nc(CN)c2c1)c1cnn(C)c1Cl. The molecule has 8 nitrogen and oxygen atoms in total. The van der Waals surface area contributed by atoms with Gasteiger partial charge in [-0.25, -0.2) is 5.10 Å². The van der Waals surface area contributed by atoms with Crippen LogP contribution in [0.4, 0.5) is 0 Å². The van der Waals surface area contributed by atoms with Gasteiger partial charge in [0, 0.05) is 37.8 Å². The lowest BCUT2D eigenvalue weighted by atomic mass is 9.96. The molecule has 0 unspecified atom stereocenters. The second kappa shape index (κ2) is 7.11. The van der Waals surface area contributed by atoms with Crippen LogP contribution < -0.4 is 17.0 Å². The molecule has 3 rings (SSSR count). The standard InChI is InChI=1S/C17H18ClN7O/c1-21-15(13-8-22-25(2)16(13)18)12(6-19)9-3-4-10-11(5-9)14(7-20)23-24-17(10)26/h3-6,8H,7,19-20H2,1-2H3,(H,24,26). The van der Waals surface area contributed by atoms with Crippen LogP contribution in [0.1, 0.15) is 16.8 Å². The minimum absolute atomic E-state index is 0.196. The molecule has 5 N–H and O–H groups in total. The number of aromatic amines is 1. The Balaban J connectivity index is 2.20. The van der Waals surface area contributed by atoms with Gasteiger partial charge in [0.25, 0.3) is 5.56 Å². The molecule has 0 amide bonds. The largest absolute Gasteiger partial charge is 0.404 e. The smallest absolute Gasteiger partial charge is 0.272 e. The molecule has 2 heterocycles. The Morgan fingerprint density at radius 3 is 2.77 bits per heavy atom. The Morgan fingerprint density at radius 1 is 1.42 bits per heavy atom. The fraction of sp³-hybridized carbons (Fsp3) is 0.176. The lowest BCUT2D eigenvalue weighted by Gasteiger charge is -2.12. The number of allylic oxidation sites excluding steroid dienone is 1. The average Bonchev–Trinajstić information content (AvgIpc) is 2.98. The first-order chi connectivity index (χ1) is 12.5. The van der Waals surface area contributed by atoms with Gasteiger partial charge in [-0.15, -0.1) is 0 Å². The maximum atomic E-state index is 12.0. The van der Waals surface area contributed by atoms with Crippen molar-refractivity contribution in [1.29, 1.82) is 0 Å². The number of hydrogen-bond donors (Lipinski definition) is 3. The van der Waals surface area contributed by atoms with Crippen LogP contribution in [-0.4, -0.2) is 32.7 Å². The Morgan fingerprint density at radius 2 is 2.19 bits per heavy atom. The van der Waals surface area contributed by atoms with E-state index in [4.69, 9.17) is 23.1 Å². The van der Waals surface area contributed by atoms with Crippen LogP contribution in [0.3, 0.4) is 0 Å². The quantitative estimate of drug-likeness (QED) is 0.593. The summed E-state index contributed by atoms with van der Waals surface area (Å²) in [5.41, 5.74) is 14.6. The molecule has 0 aliphatic carbocycles. The van der Waals surface area contributed by atoms with E-state index in [9.17, 15) is 4.79 Å². The minimum atomic E-state index is -0.276. The van der Waals surface area contributed by atoms with Crippen molar-refractivity contribution < 1.29 is 0 Å². The molecule has 0 bridgehead atoms. The Bertz CT molecular complexity index is 1090. The van der Waals surface area contributed by atoms with Crippen LogP contribution in [0, 0.1) is 0 Å². The van der Waals surface area contributed by atoms with Crippen molar-refractivity contribution in [3.8, 4) is 0 Å². The predicted molar refractivity (Wildman–Crippen MR) is 103 cm³/mol. The lowest BCUT2D eigenvalue weighted by molar-refractivity contribution is 0.768. The van der Waals surface area contributed by atoms with Gasteiger partial charge < -0.3 is 11.5 Å². The van der Waals surface area contributed by atoms with Crippen LogP contribution >= 0.6 is 11.6 Å². The van der Waals surface area contributed by atoms with Gasteiger partial charge in [0.05, 0.1) is 28.6 Å². The zero-order chi connectivity index (χ0) is 18.8. The molecule has 0 spiro atoms. The Hall–Kier alpha value is -2.97. The Labute approximate surface area is 154 Å². The number of aliphatic imine (C=N–C) groups is 1. The highest BCUT2D eigenvalue weighted by atomic mass is 35.5. The summed E-state index contributed by atoms with van der Waals surface area (Å²) < 4.78 is 1.55. The van der Waals surface area contributed by atoms with Crippen LogP contribution in [0.2, 0.25) is 5.15 Å². The third kappa shape index (κ3) is 2.89. The highest BCUT2D eigenvalue weighted by Gasteiger charge is 2.18. The molecule has 3 aromatic rings. The molecule has 0 fully saturated rings. The summed E-state index contributed by atoms with van der Waals surface area (Å²) in [6, 6.07) is 5.34. The highest BCUT2D eigenvalue weighted by Crippen LogP contribution is 2.27. The zero-order valence-electron chi connectivity index (χ0n) is 14.3. The number of fused-ring (bicyclic) bond motifs is 1. The van der Waals surface area contributed by atoms with E-state index in [-0.39, 0.29) is 12.1 Å². The van der Waals surface area contributed by atoms with Crippen molar-refractivity contribution >= 4 is 33.7 Å². The molecular weight excluding hydrogens is 354 g/mol. The fourth-order valence-electron chi connectivity index (χ4n) is 2.82. The van der Waals surface area contributed by atoms with Gasteiger partial charge >= 0.3 is 0 Å². The van der Waals surface area contributed by atoms with Gasteiger partial charge in [0.1, 0.15) is 5.15 Å². The minimum Gasteiger partial charge on any atom is -0.404 e. The molecule has 0 atom stereocenters. The van der Waals surface area contributed by atoms with E-state index >= 15 is 0 Å². The molecule has 26 heavy (non-hydrogen) atoms. The van der Waals surface area contributed by atoms with Crippen molar-refractivity contribution in [2.45, 2.75) is 6.54 Å². The topological polar surface area (TPSA) is 128 Å². The number of nitrogens with two attached hydrogens (primary N) is 2. The van der Waals surface area contributed by atoms with Crippen molar-refractivity contribution in [2.75, 3.05) is 7.05 Å². The number of hydrogen-bond acceptors (Lipinski definition) is 6. The molecule has 0 aliphatic heterocycles. The summed E-state index contributed by atoms with van der Waals surface area (Å²) >= 11 is 6.31. The Kier molecular flexibility index (Phi) is 4.88. The predicted octanol–water partition coefficient (Wildman–Crippen LogP) is 1.19. The third-order valence-corrected chi connectivity index (χ3v) is 4.59. The molecule has 9 heteroatoms. The van der Waals surface area contributed by atoms with E-state index in [0.29, 0.717) is 38.5 Å². The number of benzene rings is 1. The maximum Gasteiger partial charge on any atom is 0.272 e. The number of H-pyrrole nitrogens is 1. The fourth-order valence-corrected chi connectivity index (χ4v) is 3.00. The lowest BCUT2D eigenvalue weighted by Crippen LogP contribution is -2.14. The van der Waals surface area contributed by atoms with Crippen molar-refractivity contribution in [1.82, 2.24) is 20.0 Å². The molecule has 0 aliphatic rings. The van der Waals surface area contributed by atoms with E-state index in [1.54, 1.807) is 37.1 Å². The van der Waals surface area contributed by atoms with Crippen molar-refractivity contribution in [2.24, 2.45) is 23.5 Å². The zero-order valence-corrected chi connectivity index (χ0v) is 15.1. The number of nitrogens with one attached hydrogen (secondary N) is 1. The monoisotopic (exact) mass is 371 g/mol. The van der Waals surface area contributed by atoms with Gasteiger partial charge in [-0.3, -0.25) is 14.5 Å². The van der Waals surface area contributed by atoms with Gasteiger partial charge in [-0.05, 0) is 17.7 Å². The molecular formula is C17H18ClN7O. The van der Waals surface area contributed by atoms with E-state index in [2.05, 4.69) is 20.3 Å². The first kappa shape index (κ1) is 17.8. The average molecular weight is 372 g/mol. The number of halogens is 1. The second-order valence-corrected chi connectivity index (χ2v) is 5.95. The van der Waals surface area contributed by atoms with Gasteiger partial charge in [0.2, 0.25) is 0 Å². The number of aryl methyl sites for hydroxylation is 1. The maximum absolute atomic E-state index is 12.0. The van der Waals surface area contributed by atoms with Crippen LogP contribution in [0.15, 0.2) is 40.4 Å². The van der Waals surface area contributed by atoms with Crippen LogP contribution in [0.5, 0.6) is 0 Å². The number of rotatable bonds is 4. The molecule has 0 saturated carbocycles. The molecule has 0 saturated heterocycles. The van der Waals surface area contributed by atoms with Gasteiger partial charge in [-0.2, -0.15) is 10.2 Å². The summed E-state index contributed by atoms with van der Waals surface area (Å²) in [6.07, 6.45) is 3.09. The van der Waals surface area contributed by atoms with Crippen molar-refractivity contribution in [3.63, 3.8) is 0 Å². The van der Waals surface area contributed by atoms with E-state index in [0.717, 1.165) is 5.56 Å². The third-order valence-electron chi connectivity index (χ3n) is 4.14. The molecule has 134 valence electrons.